The van der Waals surface area contributed by atoms with Crippen LogP contribution in [0.2, 0.25) is 0 Å². The summed E-state index contributed by atoms with van der Waals surface area (Å²) in [5, 5.41) is 0. The van der Waals surface area contributed by atoms with E-state index in [1.165, 1.54) is 37.8 Å². The van der Waals surface area contributed by atoms with Crippen molar-refractivity contribution in [2.24, 2.45) is 0 Å². The van der Waals surface area contributed by atoms with Crippen LogP contribution in [0.25, 0.3) is 11.1 Å². The van der Waals surface area contributed by atoms with Crippen LogP contribution in [0.1, 0.15) is 92.4 Å². The Morgan fingerprint density at radius 3 is 1.91 bits per heavy atom. The normalized spacial score (nSPS) is 12.0. The fourth-order valence-corrected chi connectivity index (χ4v) is 4.63. The molecule has 3 aromatic carbocycles. The number of hydrogen-bond acceptors (Lipinski definition) is 7. The number of ether oxygens (including phenoxy) is 4. The lowest BCUT2D eigenvalue weighted by molar-refractivity contribution is -0.208. The summed E-state index contributed by atoms with van der Waals surface area (Å²) in [6.07, 6.45) is 0.191. The molecule has 11 heteroatoms. The first-order valence-corrected chi connectivity index (χ1v) is 15.8. The second kappa shape index (κ2) is 18.8. The van der Waals surface area contributed by atoms with Crippen molar-refractivity contribution in [2.75, 3.05) is 13.2 Å². The smallest absolute Gasteiger partial charge is 0.425 e. The minimum Gasteiger partial charge on any atom is -0.449 e. The highest BCUT2D eigenvalue weighted by Crippen LogP contribution is 2.28. The van der Waals surface area contributed by atoms with Gasteiger partial charge in [-0.05, 0) is 60.9 Å². The number of unbranched alkanes of at least 4 members (excludes halogenated alkanes) is 6. The van der Waals surface area contributed by atoms with E-state index in [-0.39, 0.29) is 30.5 Å². The largest absolute Gasteiger partial charge is 0.449 e. The highest BCUT2D eigenvalue weighted by molar-refractivity contribution is 5.92. The summed E-state index contributed by atoms with van der Waals surface area (Å²) in [7, 11) is 0. The first-order chi connectivity index (χ1) is 22.5. The van der Waals surface area contributed by atoms with E-state index in [1.54, 1.807) is 43.3 Å². The maximum atomic E-state index is 14.6. The van der Waals surface area contributed by atoms with E-state index in [2.05, 4.69) is 11.7 Å². The van der Waals surface area contributed by atoms with Gasteiger partial charge in [-0.25, -0.2) is 14.0 Å². The van der Waals surface area contributed by atoms with Crippen LogP contribution in [0.4, 0.5) is 17.6 Å². The molecule has 0 fully saturated rings. The summed E-state index contributed by atoms with van der Waals surface area (Å²) in [5.41, 5.74) is 0.992. The molecular formula is C36H40F4O7. The van der Waals surface area contributed by atoms with E-state index < -0.39 is 42.0 Å². The van der Waals surface area contributed by atoms with E-state index in [0.29, 0.717) is 18.2 Å². The average Bonchev–Trinajstić information content (AvgIpc) is 3.04. The fourth-order valence-electron chi connectivity index (χ4n) is 4.63. The molecule has 0 spiro atoms. The van der Waals surface area contributed by atoms with Gasteiger partial charge >= 0.3 is 24.1 Å². The lowest BCUT2D eigenvalue weighted by atomic mass is 10.0. The van der Waals surface area contributed by atoms with Gasteiger partial charge in [0.2, 0.25) is 0 Å². The van der Waals surface area contributed by atoms with Gasteiger partial charge in [0, 0.05) is 25.5 Å². The number of benzene rings is 3. The van der Waals surface area contributed by atoms with E-state index in [4.69, 9.17) is 14.2 Å². The second-order valence-electron chi connectivity index (χ2n) is 10.9. The van der Waals surface area contributed by atoms with Crippen molar-refractivity contribution in [2.45, 2.75) is 83.9 Å². The molecule has 0 radical (unpaired) electrons. The van der Waals surface area contributed by atoms with Crippen LogP contribution in [-0.2, 0) is 14.3 Å². The zero-order valence-corrected chi connectivity index (χ0v) is 26.6. The third-order valence-corrected chi connectivity index (χ3v) is 7.24. The predicted octanol–water partition coefficient (Wildman–Crippen LogP) is 9.27. The number of rotatable bonds is 18. The molecule has 0 aliphatic carbocycles. The highest BCUT2D eigenvalue weighted by Gasteiger charge is 2.43. The average molecular weight is 661 g/mol. The molecule has 1 atom stereocenters. The Labute approximate surface area is 272 Å². The van der Waals surface area contributed by atoms with Crippen molar-refractivity contribution in [3.05, 3.63) is 83.7 Å². The minimum atomic E-state index is -4.86. The summed E-state index contributed by atoms with van der Waals surface area (Å²) < 4.78 is 74.4. The molecule has 0 aromatic heterocycles. The van der Waals surface area contributed by atoms with Crippen LogP contribution in [0.15, 0.2) is 66.7 Å². The van der Waals surface area contributed by atoms with Gasteiger partial charge in [0.05, 0.1) is 17.7 Å². The van der Waals surface area contributed by atoms with Crippen LogP contribution >= 0.6 is 0 Å². The van der Waals surface area contributed by atoms with Crippen molar-refractivity contribution in [3.8, 4) is 22.6 Å². The van der Waals surface area contributed by atoms with E-state index in [9.17, 15) is 31.9 Å². The SMILES string of the molecule is CCCCCCCCCC(=O)Oc1ccc(-c2ccc(C(=O)Oc3ccc(C(=O)O[C@H](CCOCC)C(F)(F)F)c(F)c3)cc2)cc1. The molecule has 0 saturated heterocycles. The molecule has 3 rings (SSSR count). The van der Waals surface area contributed by atoms with Gasteiger partial charge in [-0.15, -0.1) is 0 Å². The molecule has 0 unspecified atom stereocenters. The lowest BCUT2D eigenvalue weighted by Crippen LogP contribution is -2.35. The Morgan fingerprint density at radius 2 is 1.32 bits per heavy atom. The monoisotopic (exact) mass is 660 g/mol. The molecule has 254 valence electrons. The van der Waals surface area contributed by atoms with Crippen LogP contribution < -0.4 is 9.47 Å². The molecule has 7 nitrogen and oxygen atoms in total. The van der Waals surface area contributed by atoms with Crippen LogP contribution in [0, 0.1) is 5.82 Å². The number of carbonyl (C=O) groups excluding carboxylic acids is 3. The topological polar surface area (TPSA) is 88.1 Å². The molecule has 3 aromatic rings. The van der Waals surface area contributed by atoms with Gasteiger partial charge in [-0.1, -0.05) is 69.7 Å². The minimum absolute atomic E-state index is 0.149. The molecule has 0 aliphatic heterocycles. The standard InChI is InChI=1S/C36H40F4O7/c1-3-5-6-7-8-9-10-11-33(41)45-28-18-16-26(17-19-28)25-12-14-27(15-13-25)34(42)46-29-20-21-30(31(37)24-29)35(43)47-32(36(38,39)40)22-23-44-4-2/h12-21,24,32H,3-11,22-23H2,1-2H3/t32-/m1/s1. The third-order valence-electron chi connectivity index (χ3n) is 7.24. The third kappa shape index (κ3) is 12.5. The van der Waals surface area contributed by atoms with Gasteiger partial charge in [-0.3, -0.25) is 4.79 Å². The van der Waals surface area contributed by atoms with Crippen LogP contribution in [0.3, 0.4) is 0 Å². The Hall–Kier alpha value is -4.25. The van der Waals surface area contributed by atoms with Crippen molar-refractivity contribution >= 4 is 17.9 Å². The summed E-state index contributed by atoms with van der Waals surface area (Å²) in [5.74, 6) is -3.63. The Balaban J connectivity index is 1.52. The number of halogens is 4. The summed E-state index contributed by atoms with van der Waals surface area (Å²) in [6, 6.07) is 16.0. The number of alkyl halides is 3. The van der Waals surface area contributed by atoms with E-state index in [1.807, 2.05) is 0 Å². The summed E-state index contributed by atoms with van der Waals surface area (Å²) in [4.78, 5) is 37.1. The van der Waals surface area contributed by atoms with Gasteiger partial charge < -0.3 is 18.9 Å². The Kier molecular flexibility index (Phi) is 14.9. The van der Waals surface area contributed by atoms with Gasteiger partial charge in [0.25, 0.3) is 0 Å². The Bertz CT molecular complexity index is 1440. The number of esters is 3. The quantitative estimate of drug-likeness (QED) is 0.0582. The molecular weight excluding hydrogens is 620 g/mol. The van der Waals surface area contributed by atoms with E-state index in [0.717, 1.165) is 42.5 Å². The molecule has 0 bridgehead atoms. The van der Waals surface area contributed by atoms with Gasteiger partial charge in [-0.2, -0.15) is 13.2 Å². The van der Waals surface area contributed by atoms with Crippen molar-refractivity contribution in [1.82, 2.24) is 0 Å². The van der Waals surface area contributed by atoms with Gasteiger partial charge in [0.1, 0.15) is 17.3 Å². The summed E-state index contributed by atoms with van der Waals surface area (Å²) >= 11 is 0. The molecule has 0 heterocycles. The van der Waals surface area contributed by atoms with Crippen molar-refractivity contribution < 1.29 is 50.9 Å². The van der Waals surface area contributed by atoms with Crippen molar-refractivity contribution in [3.63, 3.8) is 0 Å². The first kappa shape index (κ1) is 37.2. The van der Waals surface area contributed by atoms with E-state index >= 15 is 0 Å². The molecule has 0 N–H and O–H groups in total. The fraction of sp³-hybridized carbons (Fsp3) is 0.417. The maximum absolute atomic E-state index is 14.6. The molecule has 0 saturated carbocycles. The molecule has 0 aliphatic rings. The van der Waals surface area contributed by atoms with Gasteiger partial charge in [0.15, 0.2) is 6.10 Å². The second-order valence-corrected chi connectivity index (χ2v) is 10.9. The van der Waals surface area contributed by atoms with Crippen molar-refractivity contribution in [1.29, 1.82) is 0 Å². The molecule has 47 heavy (non-hydrogen) atoms. The number of carbonyl (C=O) groups is 3. The zero-order valence-electron chi connectivity index (χ0n) is 26.6. The Morgan fingerprint density at radius 1 is 0.723 bits per heavy atom. The maximum Gasteiger partial charge on any atom is 0.425 e. The number of hydrogen-bond donors (Lipinski definition) is 0. The predicted molar refractivity (Wildman–Crippen MR) is 168 cm³/mol. The lowest BCUT2D eigenvalue weighted by Gasteiger charge is -2.20. The summed E-state index contributed by atoms with van der Waals surface area (Å²) in [6.45, 7) is 3.67. The van der Waals surface area contributed by atoms with Crippen LogP contribution in [0.5, 0.6) is 11.5 Å². The zero-order chi connectivity index (χ0) is 34.2. The van der Waals surface area contributed by atoms with Crippen LogP contribution in [-0.4, -0.2) is 43.4 Å². The highest BCUT2D eigenvalue weighted by atomic mass is 19.4. The first-order valence-electron chi connectivity index (χ1n) is 15.8. The molecule has 0 amide bonds.